The number of nitrogens with zero attached hydrogens (tertiary/aromatic N) is 2. The lowest BCUT2D eigenvalue weighted by atomic mass is 9.97. The molecule has 1 fully saturated rings. The summed E-state index contributed by atoms with van der Waals surface area (Å²) in [5, 5.41) is 14.9. The number of rotatable bonds is 5. The SMILES string of the molecule is C=C(C)C[C@H](c1cc([N+](=O)[O-])ccc1Cl)N1CCNCC1.Cl.Cl. The number of nitro benzene ring substituents is 1. The lowest BCUT2D eigenvalue weighted by molar-refractivity contribution is -0.385. The molecule has 0 saturated carbocycles. The summed E-state index contributed by atoms with van der Waals surface area (Å²) in [5.41, 5.74) is 1.94. The van der Waals surface area contributed by atoms with Gasteiger partial charge in [0.1, 0.15) is 0 Å². The van der Waals surface area contributed by atoms with Crippen molar-refractivity contribution in [3.63, 3.8) is 0 Å². The van der Waals surface area contributed by atoms with E-state index in [0.717, 1.165) is 43.7 Å². The second kappa shape index (κ2) is 10.1. The molecule has 0 unspecified atom stereocenters. The van der Waals surface area contributed by atoms with Gasteiger partial charge in [0.2, 0.25) is 0 Å². The number of hydrogen-bond acceptors (Lipinski definition) is 4. The average molecular weight is 383 g/mol. The van der Waals surface area contributed by atoms with Gasteiger partial charge in [0.15, 0.2) is 0 Å². The Labute approximate surface area is 154 Å². The first kappa shape index (κ1) is 22.1. The van der Waals surface area contributed by atoms with E-state index < -0.39 is 0 Å². The standard InChI is InChI=1S/C15H20ClN3O2.2ClH/c1-11(2)9-15(18-7-5-17-6-8-18)13-10-12(19(20)21)3-4-14(13)16;;/h3-4,10,15,17H,1,5-9H2,2H3;2*1H/t15-;;/m1../s1. The first-order chi connectivity index (χ1) is 9.99. The molecule has 1 atom stereocenters. The summed E-state index contributed by atoms with van der Waals surface area (Å²) in [6.07, 6.45) is 0.751. The predicted molar refractivity (Wildman–Crippen MR) is 99.2 cm³/mol. The van der Waals surface area contributed by atoms with Crippen LogP contribution in [0.2, 0.25) is 5.02 Å². The van der Waals surface area contributed by atoms with Crippen LogP contribution in [0.1, 0.15) is 24.9 Å². The highest BCUT2D eigenvalue weighted by Gasteiger charge is 2.25. The first-order valence-electron chi connectivity index (χ1n) is 7.02. The molecule has 0 radical (unpaired) electrons. The van der Waals surface area contributed by atoms with Gasteiger partial charge in [-0.3, -0.25) is 15.0 Å². The van der Waals surface area contributed by atoms with Crippen molar-refractivity contribution in [3.8, 4) is 0 Å². The van der Waals surface area contributed by atoms with E-state index >= 15 is 0 Å². The minimum Gasteiger partial charge on any atom is -0.314 e. The van der Waals surface area contributed by atoms with Gasteiger partial charge < -0.3 is 5.32 Å². The lowest BCUT2D eigenvalue weighted by Gasteiger charge is -2.35. The molecular formula is C15H22Cl3N3O2. The van der Waals surface area contributed by atoms with Gasteiger partial charge in [-0.25, -0.2) is 0 Å². The quantitative estimate of drug-likeness (QED) is 0.475. The summed E-state index contributed by atoms with van der Waals surface area (Å²) in [6, 6.07) is 4.69. The van der Waals surface area contributed by atoms with Crippen molar-refractivity contribution in [2.24, 2.45) is 0 Å². The van der Waals surface area contributed by atoms with E-state index in [-0.39, 0.29) is 41.5 Å². The molecular weight excluding hydrogens is 361 g/mol. The molecule has 130 valence electrons. The van der Waals surface area contributed by atoms with Gasteiger partial charge in [0, 0.05) is 49.4 Å². The summed E-state index contributed by atoms with van der Waals surface area (Å²) < 4.78 is 0. The molecule has 1 aliphatic heterocycles. The minimum absolute atomic E-state index is 0. The van der Waals surface area contributed by atoms with Gasteiger partial charge in [-0.05, 0) is 25.0 Å². The number of nitrogens with one attached hydrogen (secondary N) is 1. The van der Waals surface area contributed by atoms with Crippen LogP contribution in [-0.2, 0) is 0 Å². The van der Waals surface area contributed by atoms with E-state index in [1.54, 1.807) is 12.1 Å². The van der Waals surface area contributed by atoms with Gasteiger partial charge in [-0.15, -0.1) is 31.4 Å². The molecule has 23 heavy (non-hydrogen) atoms. The highest BCUT2D eigenvalue weighted by molar-refractivity contribution is 6.31. The molecule has 1 saturated heterocycles. The van der Waals surface area contributed by atoms with Crippen LogP contribution >= 0.6 is 36.4 Å². The molecule has 1 heterocycles. The zero-order chi connectivity index (χ0) is 15.4. The zero-order valence-electron chi connectivity index (χ0n) is 13.0. The van der Waals surface area contributed by atoms with Gasteiger partial charge >= 0.3 is 0 Å². The van der Waals surface area contributed by atoms with Crippen molar-refractivity contribution < 1.29 is 4.92 Å². The number of non-ortho nitro benzene ring substituents is 1. The second-order valence-corrected chi connectivity index (χ2v) is 5.83. The highest BCUT2D eigenvalue weighted by atomic mass is 35.5. The fourth-order valence-electron chi connectivity index (χ4n) is 2.66. The summed E-state index contributed by atoms with van der Waals surface area (Å²) >= 11 is 6.30. The Hall–Kier alpha value is -0.850. The normalized spacial score (nSPS) is 15.9. The molecule has 0 spiro atoms. The summed E-state index contributed by atoms with van der Waals surface area (Å²) in [4.78, 5) is 12.9. The Morgan fingerprint density at radius 2 is 2.04 bits per heavy atom. The zero-order valence-corrected chi connectivity index (χ0v) is 15.3. The number of piperazine rings is 1. The third kappa shape index (κ3) is 5.94. The third-order valence-electron chi connectivity index (χ3n) is 3.68. The maximum atomic E-state index is 11.0. The Bertz CT molecular complexity index is 549. The molecule has 2 rings (SSSR count). The summed E-state index contributed by atoms with van der Waals surface area (Å²) in [6.45, 7) is 9.59. The molecule has 1 aromatic rings. The van der Waals surface area contributed by atoms with Crippen LogP contribution in [0.3, 0.4) is 0 Å². The van der Waals surface area contributed by atoms with E-state index in [4.69, 9.17) is 11.6 Å². The highest BCUT2D eigenvalue weighted by Crippen LogP contribution is 2.34. The molecule has 1 aliphatic rings. The van der Waals surface area contributed by atoms with Gasteiger partial charge in [-0.2, -0.15) is 0 Å². The van der Waals surface area contributed by atoms with Crippen LogP contribution in [0.25, 0.3) is 0 Å². The summed E-state index contributed by atoms with van der Waals surface area (Å²) in [7, 11) is 0. The molecule has 1 N–H and O–H groups in total. The van der Waals surface area contributed by atoms with E-state index in [2.05, 4.69) is 16.8 Å². The van der Waals surface area contributed by atoms with Gasteiger partial charge in [0.25, 0.3) is 5.69 Å². The average Bonchev–Trinajstić information content (AvgIpc) is 2.46. The van der Waals surface area contributed by atoms with E-state index in [1.165, 1.54) is 6.07 Å². The minimum atomic E-state index is -0.380. The Morgan fingerprint density at radius 1 is 1.43 bits per heavy atom. The molecule has 0 aromatic heterocycles. The number of hydrogen-bond donors (Lipinski definition) is 1. The number of halogens is 3. The third-order valence-corrected chi connectivity index (χ3v) is 4.03. The fraction of sp³-hybridized carbons (Fsp3) is 0.467. The van der Waals surface area contributed by atoms with Crippen LogP contribution < -0.4 is 5.32 Å². The summed E-state index contributed by atoms with van der Waals surface area (Å²) in [5.74, 6) is 0. The maximum Gasteiger partial charge on any atom is 0.269 e. The molecule has 0 bridgehead atoms. The Balaban J connectivity index is 0.00000242. The van der Waals surface area contributed by atoms with Crippen LogP contribution in [0.4, 0.5) is 5.69 Å². The smallest absolute Gasteiger partial charge is 0.269 e. The maximum absolute atomic E-state index is 11.0. The van der Waals surface area contributed by atoms with Crippen LogP contribution in [0.5, 0.6) is 0 Å². The number of nitro groups is 1. The van der Waals surface area contributed by atoms with Crippen LogP contribution in [-0.4, -0.2) is 36.0 Å². The Kier molecular flexibility index (Phi) is 9.73. The van der Waals surface area contributed by atoms with Crippen molar-refractivity contribution in [1.29, 1.82) is 0 Å². The van der Waals surface area contributed by atoms with E-state index in [9.17, 15) is 10.1 Å². The van der Waals surface area contributed by atoms with Crippen molar-refractivity contribution in [1.82, 2.24) is 10.2 Å². The monoisotopic (exact) mass is 381 g/mol. The first-order valence-corrected chi connectivity index (χ1v) is 7.40. The topological polar surface area (TPSA) is 58.4 Å². The molecule has 5 nitrogen and oxygen atoms in total. The number of benzene rings is 1. The van der Waals surface area contributed by atoms with Gasteiger partial charge in [0.05, 0.1) is 4.92 Å². The van der Waals surface area contributed by atoms with Crippen molar-refractivity contribution in [2.75, 3.05) is 26.2 Å². The Morgan fingerprint density at radius 3 is 2.57 bits per heavy atom. The molecule has 0 aliphatic carbocycles. The van der Waals surface area contributed by atoms with E-state index in [0.29, 0.717) is 5.02 Å². The second-order valence-electron chi connectivity index (χ2n) is 5.43. The van der Waals surface area contributed by atoms with Crippen molar-refractivity contribution in [3.05, 3.63) is 51.1 Å². The van der Waals surface area contributed by atoms with E-state index in [1.807, 2.05) is 6.92 Å². The lowest BCUT2D eigenvalue weighted by Crippen LogP contribution is -2.45. The van der Waals surface area contributed by atoms with Crippen molar-refractivity contribution >= 4 is 42.1 Å². The largest absolute Gasteiger partial charge is 0.314 e. The predicted octanol–water partition coefficient (Wildman–Crippen LogP) is 4.00. The molecule has 8 heteroatoms. The van der Waals surface area contributed by atoms with Crippen molar-refractivity contribution in [2.45, 2.75) is 19.4 Å². The fourth-order valence-corrected chi connectivity index (χ4v) is 2.90. The van der Waals surface area contributed by atoms with Crippen LogP contribution in [0.15, 0.2) is 30.4 Å². The molecule has 0 amide bonds. The van der Waals surface area contributed by atoms with Gasteiger partial charge in [-0.1, -0.05) is 17.2 Å². The van der Waals surface area contributed by atoms with Crippen LogP contribution in [0, 0.1) is 10.1 Å². The molecule has 1 aromatic carbocycles.